The van der Waals surface area contributed by atoms with E-state index in [4.69, 9.17) is 4.99 Å². The Morgan fingerprint density at radius 3 is 2.29 bits per heavy atom. The molecule has 2 N–H and O–H groups in total. The second-order valence-electron chi connectivity index (χ2n) is 7.06. The molecule has 0 rings (SSSR count). The lowest BCUT2D eigenvalue weighted by atomic mass is 9.93. The molecule has 0 radical (unpaired) electrons. The molecule has 5 heteroatoms. The SMILES string of the molecule is CCNC(=NCC(C)(C)CN(C)C)NCCCC(C)C.I. The molecule has 0 unspecified atom stereocenters. The van der Waals surface area contributed by atoms with Gasteiger partial charge in [-0.1, -0.05) is 27.7 Å². The van der Waals surface area contributed by atoms with Crippen LogP contribution in [-0.4, -0.2) is 51.1 Å². The summed E-state index contributed by atoms with van der Waals surface area (Å²) < 4.78 is 0. The maximum atomic E-state index is 4.72. The van der Waals surface area contributed by atoms with Crippen LogP contribution in [0.15, 0.2) is 4.99 Å². The van der Waals surface area contributed by atoms with E-state index in [1.165, 1.54) is 12.8 Å². The van der Waals surface area contributed by atoms with Crippen LogP contribution in [0.5, 0.6) is 0 Å². The van der Waals surface area contributed by atoms with E-state index < -0.39 is 0 Å². The van der Waals surface area contributed by atoms with Gasteiger partial charge in [0.05, 0.1) is 0 Å². The molecule has 0 fully saturated rings. The predicted molar refractivity (Wildman–Crippen MR) is 106 cm³/mol. The van der Waals surface area contributed by atoms with E-state index in [2.05, 4.69) is 64.2 Å². The molecule has 128 valence electrons. The van der Waals surface area contributed by atoms with E-state index in [9.17, 15) is 0 Å². The molecule has 0 aliphatic heterocycles. The van der Waals surface area contributed by atoms with Crippen LogP contribution in [-0.2, 0) is 0 Å². The van der Waals surface area contributed by atoms with Gasteiger partial charge in [0.15, 0.2) is 5.96 Å². The van der Waals surface area contributed by atoms with Crippen molar-refractivity contribution in [3.63, 3.8) is 0 Å². The third-order valence-corrected chi connectivity index (χ3v) is 3.00. The number of hydrogen-bond acceptors (Lipinski definition) is 2. The number of nitrogens with zero attached hydrogens (tertiary/aromatic N) is 2. The number of nitrogens with one attached hydrogen (secondary N) is 2. The van der Waals surface area contributed by atoms with Gasteiger partial charge < -0.3 is 15.5 Å². The van der Waals surface area contributed by atoms with Crippen LogP contribution < -0.4 is 10.6 Å². The summed E-state index contributed by atoms with van der Waals surface area (Å²) in [7, 11) is 4.22. The number of aliphatic imine (C=N–C) groups is 1. The van der Waals surface area contributed by atoms with Gasteiger partial charge in [-0.2, -0.15) is 0 Å². The van der Waals surface area contributed by atoms with Crippen molar-refractivity contribution in [2.75, 3.05) is 40.3 Å². The van der Waals surface area contributed by atoms with Crippen molar-refractivity contribution in [1.82, 2.24) is 15.5 Å². The van der Waals surface area contributed by atoms with Crippen molar-refractivity contribution < 1.29 is 0 Å². The lowest BCUT2D eigenvalue weighted by molar-refractivity contribution is 0.248. The Morgan fingerprint density at radius 1 is 1.19 bits per heavy atom. The minimum atomic E-state index is 0. The fraction of sp³-hybridized carbons (Fsp3) is 0.938. The van der Waals surface area contributed by atoms with Crippen molar-refractivity contribution in [1.29, 1.82) is 0 Å². The highest BCUT2D eigenvalue weighted by molar-refractivity contribution is 14.0. The summed E-state index contributed by atoms with van der Waals surface area (Å²) >= 11 is 0. The molecule has 0 bridgehead atoms. The minimum Gasteiger partial charge on any atom is -0.357 e. The van der Waals surface area contributed by atoms with Crippen molar-refractivity contribution in [2.45, 2.75) is 47.5 Å². The largest absolute Gasteiger partial charge is 0.357 e. The second-order valence-corrected chi connectivity index (χ2v) is 7.06. The third kappa shape index (κ3) is 14.7. The monoisotopic (exact) mass is 412 g/mol. The molecule has 4 nitrogen and oxygen atoms in total. The smallest absolute Gasteiger partial charge is 0.191 e. The van der Waals surface area contributed by atoms with E-state index in [0.29, 0.717) is 0 Å². The molecular weight excluding hydrogens is 375 g/mol. The van der Waals surface area contributed by atoms with Gasteiger partial charge in [-0.15, -0.1) is 24.0 Å². The van der Waals surface area contributed by atoms with Crippen LogP contribution in [0.3, 0.4) is 0 Å². The Morgan fingerprint density at radius 2 is 1.81 bits per heavy atom. The lowest BCUT2D eigenvalue weighted by Gasteiger charge is -2.26. The zero-order chi connectivity index (χ0) is 15.6. The van der Waals surface area contributed by atoms with Crippen LogP contribution in [0.4, 0.5) is 0 Å². The van der Waals surface area contributed by atoms with E-state index >= 15 is 0 Å². The summed E-state index contributed by atoms with van der Waals surface area (Å²) in [6, 6.07) is 0. The van der Waals surface area contributed by atoms with Gasteiger partial charge in [0.1, 0.15) is 0 Å². The number of rotatable bonds is 9. The molecule has 0 saturated carbocycles. The topological polar surface area (TPSA) is 39.7 Å². The van der Waals surface area contributed by atoms with E-state index in [1.54, 1.807) is 0 Å². The molecule has 0 aromatic heterocycles. The fourth-order valence-electron chi connectivity index (χ4n) is 2.26. The van der Waals surface area contributed by atoms with Gasteiger partial charge in [0.2, 0.25) is 0 Å². The normalized spacial score (nSPS) is 12.5. The molecule has 0 aromatic rings. The molecule has 0 spiro atoms. The first kappa shape index (κ1) is 23.2. The number of guanidine groups is 1. The van der Waals surface area contributed by atoms with Gasteiger partial charge in [-0.3, -0.25) is 4.99 Å². The quantitative estimate of drug-likeness (QED) is 0.265. The fourth-order valence-corrected chi connectivity index (χ4v) is 2.26. The first-order chi connectivity index (χ1) is 9.26. The van der Waals surface area contributed by atoms with Crippen LogP contribution >= 0.6 is 24.0 Å². The molecule has 0 atom stereocenters. The van der Waals surface area contributed by atoms with E-state index in [-0.39, 0.29) is 29.4 Å². The van der Waals surface area contributed by atoms with Crippen molar-refractivity contribution in [3.8, 4) is 0 Å². The summed E-state index contributed by atoms with van der Waals surface area (Å²) in [6.45, 7) is 15.0. The molecule has 0 saturated heterocycles. The lowest BCUT2D eigenvalue weighted by Crippen LogP contribution is -2.39. The van der Waals surface area contributed by atoms with Gasteiger partial charge in [-0.25, -0.2) is 0 Å². The maximum Gasteiger partial charge on any atom is 0.191 e. The Hall–Kier alpha value is -0.0400. The van der Waals surface area contributed by atoms with E-state index in [0.717, 1.165) is 38.1 Å². The Kier molecular flexibility index (Phi) is 13.8. The van der Waals surface area contributed by atoms with E-state index in [1.807, 2.05) is 0 Å². The molecule has 0 aliphatic carbocycles. The predicted octanol–water partition coefficient (Wildman–Crippen LogP) is 3.18. The van der Waals surface area contributed by atoms with Crippen molar-refractivity contribution in [2.24, 2.45) is 16.3 Å². The average Bonchev–Trinajstić information content (AvgIpc) is 2.29. The highest BCUT2D eigenvalue weighted by atomic mass is 127. The Labute approximate surface area is 149 Å². The summed E-state index contributed by atoms with van der Waals surface area (Å²) in [5.41, 5.74) is 0.198. The van der Waals surface area contributed by atoms with Gasteiger partial charge in [-0.05, 0) is 45.2 Å². The zero-order valence-electron chi connectivity index (χ0n) is 15.1. The van der Waals surface area contributed by atoms with Gasteiger partial charge in [0.25, 0.3) is 0 Å². The molecule has 0 aromatic carbocycles. The van der Waals surface area contributed by atoms with Crippen molar-refractivity contribution in [3.05, 3.63) is 0 Å². The molecule has 0 amide bonds. The molecule has 21 heavy (non-hydrogen) atoms. The third-order valence-electron chi connectivity index (χ3n) is 3.00. The summed E-state index contributed by atoms with van der Waals surface area (Å²) in [5, 5.41) is 6.75. The summed E-state index contributed by atoms with van der Waals surface area (Å²) in [5.74, 6) is 1.72. The van der Waals surface area contributed by atoms with Crippen molar-refractivity contribution >= 4 is 29.9 Å². The molecular formula is C16H37IN4. The summed E-state index contributed by atoms with van der Waals surface area (Å²) in [4.78, 5) is 6.94. The second kappa shape index (κ2) is 12.5. The highest BCUT2D eigenvalue weighted by Gasteiger charge is 2.18. The maximum absolute atomic E-state index is 4.72. The van der Waals surface area contributed by atoms with Gasteiger partial charge in [0, 0.05) is 26.2 Å². The highest BCUT2D eigenvalue weighted by Crippen LogP contribution is 2.15. The number of hydrogen-bond donors (Lipinski definition) is 2. The average molecular weight is 412 g/mol. The van der Waals surface area contributed by atoms with Crippen LogP contribution in [0.1, 0.15) is 47.5 Å². The van der Waals surface area contributed by atoms with Gasteiger partial charge >= 0.3 is 0 Å². The number of halogens is 1. The standard InChI is InChI=1S/C16H36N4.HI/c1-8-17-15(18-11-9-10-14(2)3)19-12-16(4,5)13-20(6)7;/h14H,8-13H2,1-7H3,(H2,17,18,19);1H. The first-order valence-corrected chi connectivity index (χ1v) is 7.93. The molecule has 0 heterocycles. The summed E-state index contributed by atoms with van der Waals surface area (Å²) in [6.07, 6.45) is 2.46. The first-order valence-electron chi connectivity index (χ1n) is 7.93. The van der Waals surface area contributed by atoms with Crippen LogP contribution in [0.25, 0.3) is 0 Å². The zero-order valence-corrected chi connectivity index (χ0v) is 17.5. The molecule has 0 aliphatic rings. The van der Waals surface area contributed by atoms with Crippen LogP contribution in [0.2, 0.25) is 0 Å². The minimum absolute atomic E-state index is 0. The Balaban J connectivity index is 0. The Bertz CT molecular complexity index is 275. The van der Waals surface area contributed by atoms with Crippen LogP contribution in [0, 0.1) is 11.3 Å².